The zero-order chi connectivity index (χ0) is 18.2. The van der Waals surface area contributed by atoms with Crippen molar-refractivity contribution in [1.82, 2.24) is 4.98 Å². The van der Waals surface area contributed by atoms with Crippen LogP contribution in [0.4, 0.5) is 5.69 Å². The number of carbonyl (C=O) groups excluding carboxylic acids is 1. The minimum absolute atomic E-state index is 0.0200. The fourth-order valence-corrected chi connectivity index (χ4v) is 3.43. The number of nitrogens with zero attached hydrogens (tertiary/aromatic N) is 1. The third-order valence-corrected chi connectivity index (χ3v) is 4.94. The van der Waals surface area contributed by atoms with E-state index in [0.29, 0.717) is 17.0 Å². The maximum absolute atomic E-state index is 12.5. The number of nitrogens with one attached hydrogen (secondary N) is 1. The molecule has 1 unspecified atom stereocenters. The number of amides is 1. The highest BCUT2D eigenvalue weighted by molar-refractivity contribution is 7.10. The summed E-state index contributed by atoms with van der Waals surface area (Å²) < 4.78 is 6.22. The van der Waals surface area contributed by atoms with Crippen molar-refractivity contribution in [2.24, 2.45) is 0 Å². The average molecular weight is 366 g/mol. The summed E-state index contributed by atoms with van der Waals surface area (Å²) in [6, 6.07) is 15.1. The Morgan fingerprint density at radius 2 is 2.15 bits per heavy atom. The number of aromatic nitrogens is 1. The van der Waals surface area contributed by atoms with Crippen molar-refractivity contribution in [2.75, 3.05) is 5.32 Å². The molecule has 1 aromatic carbocycles. The molecule has 2 heterocycles. The normalized spacial score (nSPS) is 11.7. The lowest BCUT2D eigenvalue weighted by Gasteiger charge is -2.18. The second-order valence-electron chi connectivity index (χ2n) is 5.99. The van der Waals surface area contributed by atoms with Gasteiger partial charge in [0.25, 0.3) is 5.91 Å². The molecule has 4 nitrogen and oxygen atoms in total. The highest BCUT2D eigenvalue weighted by Crippen LogP contribution is 2.30. The highest BCUT2D eigenvalue weighted by Gasteiger charge is 2.15. The molecule has 0 spiro atoms. The number of carbonyl (C=O) groups is 1. The van der Waals surface area contributed by atoms with Gasteiger partial charge in [0.05, 0.1) is 11.9 Å². The van der Waals surface area contributed by atoms with Crippen LogP contribution in [0.5, 0.6) is 5.75 Å². The van der Waals surface area contributed by atoms with Crippen LogP contribution >= 0.6 is 11.3 Å². The first-order valence-corrected chi connectivity index (χ1v) is 9.65. The van der Waals surface area contributed by atoms with Crippen LogP contribution < -0.4 is 10.1 Å². The molecule has 134 valence electrons. The summed E-state index contributed by atoms with van der Waals surface area (Å²) in [5.74, 6) is 0.531. The Balaban J connectivity index is 1.72. The molecule has 5 heteroatoms. The van der Waals surface area contributed by atoms with E-state index in [1.807, 2.05) is 24.3 Å². The van der Waals surface area contributed by atoms with Crippen LogP contribution in [0.1, 0.15) is 47.5 Å². The Kier molecular flexibility index (Phi) is 6.39. The fraction of sp³-hybridized carbons (Fsp3) is 0.238. The first-order valence-electron chi connectivity index (χ1n) is 8.77. The summed E-state index contributed by atoms with van der Waals surface area (Å²) in [4.78, 5) is 17.7. The molecular weight excluding hydrogens is 344 g/mol. The monoisotopic (exact) mass is 366 g/mol. The lowest BCUT2D eigenvalue weighted by atomic mass is 10.1. The van der Waals surface area contributed by atoms with Gasteiger partial charge >= 0.3 is 0 Å². The SMILES string of the molecule is CCCCC(Oc1cccc(C(=O)Nc2cccnc2)c1)c1cccs1. The maximum Gasteiger partial charge on any atom is 0.255 e. The Hall–Kier alpha value is -2.66. The Morgan fingerprint density at radius 3 is 2.88 bits per heavy atom. The largest absolute Gasteiger partial charge is 0.485 e. The molecule has 0 radical (unpaired) electrons. The van der Waals surface area contributed by atoms with Crippen LogP contribution in [-0.2, 0) is 0 Å². The van der Waals surface area contributed by atoms with Gasteiger partial charge in [-0.15, -0.1) is 11.3 Å². The van der Waals surface area contributed by atoms with E-state index in [9.17, 15) is 4.79 Å². The molecule has 0 fully saturated rings. The number of hydrogen-bond donors (Lipinski definition) is 1. The summed E-state index contributed by atoms with van der Waals surface area (Å²) in [6.07, 6.45) is 6.50. The van der Waals surface area contributed by atoms with E-state index in [1.165, 1.54) is 4.88 Å². The third kappa shape index (κ3) is 4.92. The summed E-state index contributed by atoms with van der Waals surface area (Å²) in [5.41, 5.74) is 1.23. The Labute approximate surface area is 157 Å². The third-order valence-electron chi connectivity index (χ3n) is 3.97. The van der Waals surface area contributed by atoms with E-state index in [1.54, 1.807) is 41.9 Å². The fourth-order valence-electron chi connectivity index (χ4n) is 2.64. The Bertz CT molecular complexity index is 819. The van der Waals surface area contributed by atoms with Crippen molar-refractivity contribution in [3.05, 3.63) is 76.7 Å². The van der Waals surface area contributed by atoms with Gasteiger partial charge in [0, 0.05) is 16.6 Å². The predicted octanol–water partition coefficient (Wildman–Crippen LogP) is 5.71. The molecule has 1 amide bonds. The first kappa shape index (κ1) is 18.1. The molecule has 0 aliphatic carbocycles. The van der Waals surface area contributed by atoms with E-state index >= 15 is 0 Å². The van der Waals surface area contributed by atoms with Gasteiger partial charge in [-0.1, -0.05) is 25.5 Å². The van der Waals surface area contributed by atoms with E-state index in [2.05, 4.69) is 28.7 Å². The lowest BCUT2D eigenvalue weighted by Crippen LogP contribution is -2.12. The van der Waals surface area contributed by atoms with Gasteiger partial charge in [0.15, 0.2) is 0 Å². The zero-order valence-corrected chi connectivity index (χ0v) is 15.5. The molecule has 3 rings (SSSR count). The van der Waals surface area contributed by atoms with E-state index in [-0.39, 0.29) is 12.0 Å². The van der Waals surface area contributed by atoms with E-state index in [4.69, 9.17) is 4.74 Å². The quantitative estimate of drug-likeness (QED) is 0.556. The number of hydrogen-bond acceptors (Lipinski definition) is 4. The molecule has 0 aliphatic rings. The summed E-state index contributed by atoms with van der Waals surface area (Å²) in [5, 5.41) is 4.91. The van der Waals surface area contributed by atoms with E-state index < -0.39 is 0 Å². The van der Waals surface area contributed by atoms with Crippen LogP contribution in [0.15, 0.2) is 66.3 Å². The van der Waals surface area contributed by atoms with Gasteiger partial charge in [-0.05, 0) is 54.6 Å². The second-order valence-corrected chi connectivity index (χ2v) is 6.97. The topological polar surface area (TPSA) is 51.2 Å². The second kappa shape index (κ2) is 9.15. The van der Waals surface area contributed by atoms with Crippen molar-refractivity contribution in [1.29, 1.82) is 0 Å². The summed E-state index contributed by atoms with van der Waals surface area (Å²) >= 11 is 1.70. The van der Waals surface area contributed by atoms with Crippen LogP contribution in [0.25, 0.3) is 0 Å². The summed E-state index contributed by atoms with van der Waals surface area (Å²) in [6.45, 7) is 2.18. The van der Waals surface area contributed by atoms with Crippen molar-refractivity contribution >= 4 is 22.9 Å². The standard InChI is InChI=1S/C21H22N2O2S/c1-2-3-10-19(20-11-6-13-26-20)25-18-9-4-7-16(14-18)21(24)23-17-8-5-12-22-15-17/h4-9,11-15,19H,2-3,10H2,1H3,(H,23,24). The van der Waals surface area contributed by atoms with E-state index in [0.717, 1.165) is 19.3 Å². The number of pyridine rings is 1. The molecule has 1 N–H and O–H groups in total. The number of ether oxygens (including phenoxy) is 1. The molecule has 0 saturated carbocycles. The van der Waals surface area contributed by atoms with Crippen molar-refractivity contribution in [3.8, 4) is 5.75 Å². The molecule has 2 aromatic heterocycles. The average Bonchev–Trinajstić information content (AvgIpc) is 3.21. The lowest BCUT2D eigenvalue weighted by molar-refractivity contribution is 0.102. The minimum Gasteiger partial charge on any atom is -0.485 e. The van der Waals surface area contributed by atoms with Crippen LogP contribution in [0, 0.1) is 0 Å². The smallest absolute Gasteiger partial charge is 0.255 e. The predicted molar refractivity (Wildman–Crippen MR) is 106 cm³/mol. The van der Waals surface area contributed by atoms with Gasteiger partial charge in [-0.25, -0.2) is 0 Å². The van der Waals surface area contributed by atoms with Gasteiger partial charge in [0.2, 0.25) is 0 Å². The van der Waals surface area contributed by atoms with Crippen LogP contribution in [-0.4, -0.2) is 10.9 Å². The van der Waals surface area contributed by atoms with Gasteiger partial charge < -0.3 is 10.1 Å². The zero-order valence-electron chi connectivity index (χ0n) is 14.7. The molecule has 0 aliphatic heterocycles. The molecule has 0 bridgehead atoms. The molecule has 26 heavy (non-hydrogen) atoms. The number of benzene rings is 1. The van der Waals surface area contributed by atoms with Crippen molar-refractivity contribution in [3.63, 3.8) is 0 Å². The number of thiophene rings is 1. The number of unbranched alkanes of at least 4 members (excludes halogenated alkanes) is 1. The van der Waals surface area contributed by atoms with Gasteiger partial charge in [0.1, 0.15) is 11.9 Å². The number of rotatable bonds is 8. The van der Waals surface area contributed by atoms with Crippen molar-refractivity contribution < 1.29 is 9.53 Å². The maximum atomic E-state index is 12.5. The summed E-state index contributed by atoms with van der Waals surface area (Å²) in [7, 11) is 0. The number of anilines is 1. The molecule has 1 atom stereocenters. The minimum atomic E-state index is -0.176. The Morgan fingerprint density at radius 1 is 1.23 bits per heavy atom. The highest BCUT2D eigenvalue weighted by atomic mass is 32.1. The molecular formula is C21H22N2O2S. The van der Waals surface area contributed by atoms with Crippen LogP contribution in [0.2, 0.25) is 0 Å². The van der Waals surface area contributed by atoms with Crippen molar-refractivity contribution in [2.45, 2.75) is 32.3 Å². The van der Waals surface area contributed by atoms with Crippen LogP contribution in [0.3, 0.4) is 0 Å². The molecule has 0 saturated heterocycles. The molecule has 3 aromatic rings. The first-order chi connectivity index (χ1) is 12.8. The van der Waals surface area contributed by atoms with Gasteiger partial charge in [-0.3, -0.25) is 9.78 Å². The van der Waals surface area contributed by atoms with Gasteiger partial charge in [-0.2, -0.15) is 0 Å².